The van der Waals surface area contributed by atoms with Crippen LogP contribution in [0.15, 0.2) is 12.2 Å². The molecule has 0 aliphatic carbocycles. The highest BCUT2D eigenvalue weighted by Crippen LogP contribution is 2.20. The highest BCUT2D eigenvalue weighted by molar-refractivity contribution is 7.99. The van der Waals surface area contributed by atoms with Gasteiger partial charge in [0, 0.05) is 30.5 Å². The van der Waals surface area contributed by atoms with Crippen molar-refractivity contribution in [1.82, 2.24) is 10.2 Å². The summed E-state index contributed by atoms with van der Waals surface area (Å²) in [6.45, 7) is 1.24. The van der Waals surface area contributed by atoms with E-state index in [0.717, 1.165) is 25.3 Å². The lowest BCUT2D eigenvalue weighted by Crippen LogP contribution is -2.42. The number of carboxylic acids is 1. The second-order valence-corrected chi connectivity index (χ2v) is 5.38. The topological polar surface area (TPSA) is 86.7 Å². The number of rotatable bonds is 3. The number of imide groups is 1. The first-order valence-electron chi connectivity index (χ1n) is 6.06. The van der Waals surface area contributed by atoms with Gasteiger partial charge in [-0.05, 0) is 25.5 Å². The van der Waals surface area contributed by atoms with Gasteiger partial charge in [0.25, 0.3) is 5.91 Å². The molecule has 0 aromatic rings. The smallest absolute Gasteiger partial charge is 0.328 e. The quantitative estimate of drug-likeness (QED) is 0.758. The van der Waals surface area contributed by atoms with Crippen LogP contribution in [0.5, 0.6) is 0 Å². The Bertz CT molecular complexity index is 384. The molecule has 7 heteroatoms. The molecule has 1 atom stereocenters. The Labute approximate surface area is 116 Å². The van der Waals surface area contributed by atoms with E-state index in [1.165, 1.54) is 0 Å². The molecule has 1 aliphatic rings. The predicted octanol–water partition coefficient (Wildman–Crippen LogP) is 1.08. The second kappa shape index (κ2) is 7.83. The summed E-state index contributed by atoms with van der Waals surface area (Å²) in [6.07, 6.45) is 6.49. The van der Waals surface area contributed by atoms with Gasteiger partial charge in [-0.15, -0.1) is 0 Å². The predicted molar refractivity (Wildman–Crippen MR) is 73.0 cm³/mol. The van der Waals surface area contributed by atoms with Crippen molar-refractivity contribution in [3.63, 3.8) is 0 Å². The lowest BCUT2D eigenvalue weighted by atomic mass is 10.2. The van der Waals surface area contributed by atoms with Gasteiger partial charge in [-0.2, -0.15) is 11.8 Å². The number of carboxylic acid groups (broad SMARTS) is 1. The maximum atomic E-state index is 11.8. The summed E-state index contributed by atoms with van der Waals surface area (Å²) in [5.74, 6) is -1.93. The molecule has 1 saturated heterocycles. The summed E-state index contributed by atoms with van der Waals surface area (Å²) in [5.41, 5.74) is 0. The van der Waals surface area contributed by atoms with Crippen LogP contribution in [0.3, 0.4) is 0 Å². The Hall–Kier alpha value is -1.50. The molecule has 2 N–H and O–H groups in total. The summed E-state index contributed by atoms with van der Waals surface area (Å²) >= 11 is 1.80. The van der Waals surface area contributed by atoms with Crippen molar-refractivity contribution in [2.24, 2.45) is 0 Å². The number of nitrogens with one attached hydrogen (secondary N) is 1. The van der Waals surface area contributed by atoms with Crippen LogP contribution < -0.4 is 5.32 Å². The SMILES string of the molecule is CSC1CCCN(C(=O)NC(=O)/C=C/C(=O)O)CC1. The highest BCUT2D eigenvalue weighted by Gasteiger charge is 2.20. The summed E-state index contributed by atoms with van der Waals surface area (Å²) in [4.78, 5) is 34.9. The average molecular weight is 286 g/mol. The van der Waals surface area contributed by atoms with E-state index in [1.807, 2.05) is 0 Å². The molecule has 1 unspecified atom stereocenters. The van der Waals surface area contributed by atoms with Gasteiger partial charge < -0.3 is 10.0 Å². The maximum Gasteiger partial charge on any atom is 0.328 e. The molecule has 1 fully saturated rings. The zero-order valence-electron chi connectivity index (χ0n) is 10.8. The summed E-state index contributed by atoms with van der Waals surface area (Å²) in [5, 5.41) is 11.1. The third-order valence-corrected chi connectivity index (χ3v) is 4.04. The van der Waals surface area contributed by atoms with Crippen LogP contribution in [0.25, 0.3) is 0 Å². The molecule has 6 nitrogen and oxygen atoms in total. The fraction of sp³-hybridized carbons (Fsp3) is 0.583. The van der Waals surface area contributed by atoms with Crippen LogP contribution in [0.4, 0.5) is 4.79 Å². The Balaban J connectivity index is 2.44. The highest BCUT2D eigenvalue weighted by atomic mass is 32.2. The first-order chi connectivity index (χ1) is 9.02. The summed E-state index contributed by atoms with van der Waals surface area (Å²) < 4.78 is 0. The van der Waals surface area contributed by atoms with Crippen LogP contribution >= 0.6 is 11.8 Å². The van der Waals surface area contributed by atoms with E-state index in [0.29, 0.717) is 24.4 Å². The van der Waals surface area contributed by atoms with Gasteiger partial charge in [0.2, 0.25) is 0 Å². The van der Waals surface area contributed by atoms with Crippen LogP contribution in [0, 0.1) is 0 Å². The molecule has 106 valence electrons. The van der Waals surface area contributed by atoms with Gasteiger partial charge in [0.15, 0.2) is 0 Å². The summed E-state index contributed by atoms with van der Waals surface area (Å²) in [6, 6.07) is -0.457. The number of thioether (sulfide) groups is 1. The normalized spacial score (nSPS) is 20.1. The minimum absolute atomic E-state index is 0.457. The van der Waals surface area contributed by atoms with E-state index in [-0.39, 0.29) is 0 Å². The monoisotopic (exact) mass is 286 g/mol. The molecule has 0 radical (unpaired) electrons. The third kappa shape index (κ3) is 5.78. The van der Waals surface area contributed by atoms with Crippen molar-refractivity contribution in [1.29, 1.82) is 0 Å². The van der Waals surface area contributed by atoms with Crippen molar-refractivity contribution in [3.8, 4) is 0 Å². The molecule has 0 aromatic heterocycles. The van der Waals surface area contributed by atoms with E-state index < -0.39 is 17.9 Å². The van der Waals surface area contributed by atoms with Crippen LogP contribution in [0.2, 0.25) is 0 Å². The van der Waals surface area contributed by atoms with Gasteiger partial charge in [0.05, 0.1) is 0 Å². The van der Waals surface area contributed by atoms with Gasteiger partial charge in [0.1, 0.15) is 0 Å². The average Bonchev–Trinajstić information content (AvgIpc) is 2.61. The van der Waals surface area contributed by atoms with Crippen LogP contribution in [-0.2, 0) is 9.59 Å². The van der Waals surface area contributed by atoms with Gasteiger partial charge in [-0.3, -0.25) is 10.1 Å². The minimum atomic E-state index is -1.22. The minimum Gasteiger partial charge on any atom is -0.478 e. The third-order valence-electron chi connectivity index (χ3n) is 2.90. The van der Waals surface area contributed by atoms with Gasteiger partial charge in [-0.25, -0.2) is 9.59 Å². The molecule has 3 amide bonds. The molecular weight excluding hydrogens is 268 g/mol. The van der Waals surface area contributed by atoms with E-state index in [1.54, 1.807) is 16.7 Å². The molecule has 1 rings (SSSR count). The molecule has 0 spiro atoms. The van der Waals surface area contributed by atoms with Crippen LogP contribution in [-0.4, -0.2) is 52.5 Å². The largest absolute Gasteiger partial charge is 0.478 e. The lowest BCUT2D eigenvalue weighted by molar-refractivity contribution is -0.131. The standard InChI is InChI=1S/C12H18N2O4S/c1-19-9-3-2-7-14(8-6-9)12(18)13-10(15)4-5-11(16)17/h4-5,9H,2-3,6-8H2,1H3,(H,16,17)(H,13,15,18)/b5-4+. The van der Waals surface area contributed by atoms with Gasteiger partial charge in [-0.1, -0.05) is 0 Å². The van der Waals surface area contributed by atoms with Crippen molar-refractivity contribution in [2.45, 2.75) is 24.5 Å². The number of amides is 3. The fourth-order valence-electron chi connectivity index (χ4n) is 1.88. The number of carbonyl (C=O) groups excluding carboxylic acids is 2. The number of hydrogen-bond acceptors (Lipinski definition) is 4. The first kappa shape index (κ1) is 15.6. The Morgan fingerprint density at radius 2 is 2.00 bits per heavy atom. The Morgan fingerprint density at radius 1 is 1.26 bits per heavy atom. The van der Waals surface area contributed by atoms with Crippen molar-refractivity contribution >= 4 is 29.7 Å². The van der Waals surface area contributed by atoms with Crippen molar-refractivity contribution in [2.75, 3.05) is 19.3 Å². The molecule has 0 aromatic carbocycles. The van der Waals surface area contributed by atoms with Gasteiger partial charge >= 0.3 is 12.0 Å². The van der Waals surface area contributed by atoms with E-state index in [4.69, 9.17) is 5.11 Å². The zero-order chi connectivity index (χ0) is 14.3. The zero-order valence-corrected chi connectivity index (χ0v) is 11.6. The first-order valence-corrected chi connectivity index (χ1v) is 7.35. The molecule has 0 bridgehead atoms. The molecule has 1 aliphatic heterocycles. The fourth-order valence-corrected chi connectivity index (χ4v) is 2.62. The van der Waals surface area contributed by atoms with E-state index in [9.17, 15) is 14.4 Å². The number of aliphatic carboxylic acids is 1. The van der Waals surface area contributed by atoms with E-state index in [2.05, 4.69) is 11.6 Å². The van der Waals surface area contributed by atoms with Crippen molar-refractivity contribution < 1.29 is 19.5 Å². The maximum absolute atomic E-state index is 11.8. The summed E-state index contributed by atoms with van der Waals surface area (Å²) in [7, 11) is 0. The van der Waals surface area contributed by atoms with Crippen molar-refractivity contribution in [3.05, 3.63) is 12.2 Å². The second-order valence-electron chi connectivity index (χ2n) is 4.24. The molecule has 19 heavy (non-hydrogen) atoms. The molecular formula is C12H18N2O4S. The Morgan fingerprint density at radius 3 is 2.63 bits per heavy atom. The lowest BCUT2D eigenvalue weighted by Gasteiger charge is -2.19. The number of carbonyl (C=O) groups is 3. The van der Waals surface area contributed by atoms with E-state index >= 15 is 0 Å². The Kier molecular flexibility index (Phi) is 6.41. The van der Waals surface area contributed by atoms with Crippen LogP contribution in [0.1, 0.15) is 19.3 Å². The number of hydrogen-bond donors (Lipinski definition) is 2. The number of nitrogens with zero attached hydrogens (tertiary/aromatic N) is 1. The molecule has 0 saturated carbocycles. The number of likely N-dealkylation sites (tertiary alicyclic amines) is 1. The number of urea groups is 1. The molecule has 1 heterocycles.